The quantitative estimate of drug-likeness (QED) is 0.334. The number of carbonyl (C=O) groups is 1. The molecule has 0 amide bonds. The molecule has 4 heterocycles. The number of aromatic hydroxyl groups is 1. The molecule has 0 saturated carbocycles. The van der Waals surface area contributed by atoms with Gasteiger partial charge in [-0.1, -0.05) is 0 Å². The molecule has 0 aliphatic carbocycles. The van der Waals surface area contributed by atoms with Crippen LogP contribution in [0.4, 0.5) is 0 Å². The number of cyclic esters (lactones) is 1. The number of pyridine rings is 2. The predicted octanol–water partition coefficient (Wildman–Crippen LogP) is 3.01. The Balaban J connectivity index is 1.74. The minimum atomic E-state index is -1.45. The summed E-state index contributed by atoms with van der Waals surface area (Å²) in [5.74, 6) is -0.225. The third kappa shape index (κ3) is 3.18. The molecule has 0 radical (unpaired) electrons. The van der Waals surface area contributed by atoms with E-state index in [0.29, 0.717) is 29.1 Å². The standard InChI is InChI=1S/C24H25AsN2O5/c1-4-24(31)9-21(29)32-12-16-17(24)8-19-22-13(11-27(19)23(16)30)7-14-15(10-25(2)3)20(28)6-5-18(14)26-22/h5-8,28,31H,4,9-12H2,1-3H3. The van der Waals surface area contributed by atoms with Gasteiger partial charge in [0.05, 0.1) is 0 Å². The number of esters is 1. The molecular formula is C24H25AsN2O5. The van der Waals surface area contributed by atoms with Gasteiger partial charge in [-0.05, 0) is 0 Å². The number of hydrogen-bond donors (Lipinski definition) is 2. The zero-order valence-corrected chi connectivity index (χ0v) is 20.2. The van der Waals surface area contributed by atoms with Gasteiger partial charge in [0.25, 0.3) is 0 Å². The summed E-state index contributed by atoms with van der Waals surface area (Å²) in [7, 11) is 0. The monoisotopic (exact) mass is 496 g/mol. The summed E-state index contributed by atoms with van der Waals surface area (Å²) in [5, 5.41) is 23.5. The maximum absolute atomic E-state index is 13.4. The van der Waals surface area contributed by atoms with Gasteiger partial charge < -0.3 is 0 Å². The van der Waals surface area contributed by atoms with Gasteiger partial charge in [-0.15, -0.1) is 0 Å². The van der Waals surface area contributed by atoms with Crippen LogP contribution in [0.2, 0.25) is 11.4 Å². The SMILES string of the molecule is CCC1(O)CC(=O)OCc2c1cc1n(c2=O)Cc2cc3c(C[As](C)C)c(O)ccc3nc2-1. The number of fused-ring (bicyclic) bond motifs is 5. The van der Waals surface area contributed by atoms with E-state index in [9.17, 15) is 19.8 Å². The Morgan fingerprint density at radius 1 is 1.25 bits per heavy atom. The van der Waals surface area contributed by atoms with Gasteiger partial charge in [0.1, 0.15) is 0 Å². The van der Waals surface area contributed by atoms with Crippen molar-refractivity contribution >= 4 is 31.5 Å². The molecular weight excluding hydrogens is 471 g/mol. The van der Waals surface area contributed by atoms with E-state index in [0.717, 1.165) is 27.2 Å². The molecule has 5 rings (SSSR count). The van der Waals surface area contributed by atoms with Crippen LogP contribution in [0.1, 0.15) is 42.0 Å². The van der Waals surface area contributed by atoms with E-state index < -0.39 is 26.2 Å². The Morgan fingerprint density at radius 2 is 2.03 bits per heavy atom. The first-order valence-electron chi connectivity index (χ1n) is 10.7. The molecule has 2 aliphatic heterocycles. The molecule has 0 saturated heterocycles. The summed E-state index contributed by atoms with van der Waals surface area (Å²) in [6.45, 7) is 2.00. The molecule has 0 fully saturated rings. The van der Waals surface area contributed by atoms with Crippen molar-refractivity contribution in [2.45, 2.75) is 55.1 Å². The van der Waals surface area contributed by atoms with Crippen LogP contribution in [0.5, 0.6) is 5.75 Å². The summed E-state index contributed by atoms with van der Waals surface area (Å²) in [5.41, 5.74) is 7.50. The first-order valence-corrected chi connectivity index (χ1v) is 15.7. The average Bonchev–Trinajstić information content (AvgIpc) is 3.04. The Hall–Kier alpha value is -2.63. The van der Waals surface area contributed by atoms with Crippen molar-refractivity contribution in [1.82, 2.24) is 9.55 Å². The van der Waals surface area contributed by atoms with E-state index in [4.69, 9.17) is 9.72 Å². The van der Waals surface area contributed by atoms with E-state index in [1.165, 1.54) is 0 Å². The summed E-state index contributed by atoms with van der Waals surface area (Å²) in [6.07, 6.45) is 0.108. The number of phenols is 1. The Labute approximate surface area is 189 Å². The van der Waals surface area contributed by atoms with Crippen molar-refractivity contribution < 1.29 is 19.7 Å². The van der Waals surface area contributed by atoms with Crippen molar-refractivity contribution in [2.75, 3.05) is 0 Å². The van der Waals surface area contributed by atoms with Gasteiger partial charge in [-0.2, -0.15) is 0 Å². The van der Waals surface area contributed by atoms with Gasteiger partial charge in [0, 0.05) is 0 Å². The number of aromatic nitrogens is 2. The molecule has 1 unspecified atom stereocenters. The normalized spacial score (nSPS) is 19.5. The van der Waals surface area contributed by atoms with E-state index >= 15 is 0 Å². The average molecular weight is 496 g/mol. The summed E-state index contributed by atoms with van der Waals surface area (Å²) in [6, 6.07) is 7.33. The number of aliphatic hydroxyl groups is 1. The Morgan fingerprint density at radius 3 is 2.75 bits per heavy atom. The Kier molecular flexibility index (Phi) is 4.95. The van der Waals surface area contributed by atoms with Crippen LogP contribution in [0.15, 0.2) is 29.1 Å². The van der Waals surface area contributed by atoms with Crippen LogP contribution < -0.4 is 5.56 Å². The number of carbonyl (C=O) groups excluding carboxylic acids is 1. The summed E-state index contributed by atoms with van der Waals surface area (Å²) in [4.78, 5) is 30.3. The second kappa shape index (κ2) is 7.46. The second-order valence-corrected chi connectivity index (χ2v) is 14.1. The number of phenolic OH excluding ortho intramolecular Hbond substituents is 1. The molecule has 0 spiro atoms. The van der Waals surface area contributed by atoms with E-state index in [1.807, 2.05) is 6.07 Å². The molecule has 2 aliphatic rings. The molecule has 0 bridgehead atoms. The molecule has 7 nitrogen and oxygen atoms in total. The van der Waals surface area contributed by atoms with Crippen molar-refractivity contribution in [3.8, 4) is 17.1 Å². The fourth-order valence-electron chi connectivity index (χ4n) is 4.78. The first kappa shape index (κ1) is 21.2. The van der Waals surface area contributed by atoms with Crippen molar-refractivity contribution in [3.63, 3.8) is 0 Å². The van der Waals surface area contributed by atoms with Gasteiger partial charge in [0.2, 0.25) is 0 Å². The Bertz CT molecular complexity index is 1350. The van der Waals surface area contributed by atoms with E-state index in [1.54, 1.807) is 29.7 Å². The predicted molar refractivity (Wildman–Crippen MR) is 122 cm³/mol. The van der Waals surface area contributed by atoms with Crippen LogP contribution >= 0.6 is 0 Å². The van der Waals surface area contributed by atoms with Crippen LogP contribution in [-0.4, -0.2) is 40.4 Å². The second-order valence-electron chi connectivity index (χ2n) is 8.90. The number of ether oxygens (including phenoxy) is 1. The molecule has 3 aromatic rings. The third-order valence-electron chi connectivity index (χ3n) is 6.51. The van der Waals surface area contributed by atoms with Crippen LogP contribution in [0, 0.1) is 0 Å². The summed E-state index contributed by atoms with van der Waals surface area (Å²) < 4.78 is 6.86. The number of hydrogen-bond acceptors (Lipinski definition) is 6. The van der Waals surface area contributed by atoms with E-state index in [2.05, 4.69) is 11.4 Å². The van der Waals surface area contributed by atoms with Crippen molar-refractivity contribution in [3.05, 3.63) is 56.9 Å². The number of nitrogens with zero attached hydrogens (tertiary/aromatic N) is 2. The molecule has 166 valence electrons. The summed E-state index contributed by atoms with van der Waals surface area (Å²) >= 11 is -1.04. The number of rotatable bonds is 3. The van der Waals surface area contributed by atoms with Crippen LogP contribution in [-0.2, 0) is 33.5 Å². The fourth-order valence-corrected chi connectivity index (χ4v) is 6.80. The van der Waals surface area contributed by atoms with Gasteiger partial charge >= 0.3 is 185 Å². The molecule has 2 N–H and O–H groups in total. The molecule has 32 heavy (non-hydrogen) atoms. The van der Waals surface area contributed by atoms with Gasteiger partial charge in [0.15, 0.2) is 0 Å². The zero-order valence-electron chi connectivity index (χ0n) is 18.3. The van der Waals surface area contributed by atoms with Gasteiger partial charge in [-0.25, -0.2) is 0 Å². The molecule has 1 aromatic carbocycles. The topological polar surface area (TPSA) is 102 Å². The van der Waals surface area contributed by atoms with Crippen LogP contribution in [0.3, 0.4) is 0 Å². The third-order valence-corrected chi connectivity index (χ3v) is 8.50. The van der Waals surface area contributed by atoms with E-state index in [-0.39, 0.29) is 30.8 Å². The van der Waals surface area contributed by atoms with Crippen molar-refractivity contribution in [1.29, 1.82) is 0 Å². The van der Waals surface area contributed by atoms with Crippen LogP contribution in [0.25, 0.3) is 22.3 Å². The molecule has 1 atom stereocenters. The molecule has 8 heteroatoms. The molecule has 2 aromatic heterocycles. The number of benzene rings is 1. The first-order chi connectivity index (χ1) is 15.2. The zero-order chi connectivity index (χ0) is 22.8. The minimum absolute atomic E-state index is 0.140. The fraction of sp³-hybridized carbons (Fsp3) is 0.375. The van der Waals surface area contributed by atoms with Crippen molar-refractivity contribution in [2.24, 2.45) is 0 Å². The maximum atomic E-state index is 13.4. The van der Waals surface area contributed by atoms with Gasteiger partial charge in [-0.3, -0.25) is 4.79 Å².